The number of anilines is 2. The van der Waals surface area contributed by atoms with Crippen molar-refractivity contribution in [3.05, 3.63) is 65.6 Å². The summed E-state index contributed by atoms with van der Waals surface area (Å²) >= 11 is 0. The molecule has 3 N–H and O–H groups in total. The van der Waals surface area contributed by atoms with Crippen LogP contribution in [0.1, 0.15) is 22.3 Å². The van der Waals surface area contributed by atoms with Crippen LogP contribution in [-0.2, 0) is 6.42 Å². The molecule has 6 nitrogen and oxygen atoms in total. The maximum atomic E-state index is 14.3. The third kappa shape index (κ3) is 3.08. The monoisotopic (exact) mass is 364 g/mol. The number of amides is 3. The number of halogens is 1. The fraction of sp³-hybridized carbons (Fsp3) is 0.150. The number of nitrogens with one attached hydrogen (secondary N) is 1. The molecule has 0 radical (unpaired) electrons. The van der Waals surface area contributed by atoms with Crippen molar-refractivity contribution in [1.29, 1.82) is 0 Å². The lowest BCUT2D eigenvalue weighted by Crippen LogP contribution is -2.39. The molecule has 3 amide bonds. The van der Waals surface area contributed by atoms with Gasteiger partial charge in [0.1, 0.15) is 11.3 Å². The number of carbonyl (C=O) groups is 2. The van der Waals surface area contributed by atoms with Gasteiger partial charge < -0.3 is 11.1 Å². The molecule has 136 valence electrons. The van der Waals surface area contributed by atoms with E-state index < -0.39 is 17.8 Å². The molecule has 0 atom stereocenters. The minimum atomic E-state index is -0.548. The van der Waals surface area contributed by atoms with E-state index in [9.17, 15) is 14.0 Å². The van der Waals surface area contributed by atoms with Crippen LogP contribution in [0.25, 0.3) is 10.9 Å². The second kappa shape index (κ2) is 6.68. The number of aromatic nitrogens is 1. The number of primary amides is 1. The van der Waals surface area contributed by atoms with E-state index in [0.29, 0.717) is 29.7 Å². The van der Waals surface area contributed by atoms with Crippen LogP contribution in [0.4, 0.5) is 20.6 Å². The Labute approximate surface area is 154 Å². The molecule has 0 fully saturated rings. The van der Waals surface area contributed by atoms with E-state index in [2.05, 4.69) is 10.3 Å². The van der Waals surface area contributed by atoms with Crippen LogP contribution in [0, 0.1) is 5.82 Å². The van der Waals surface area contributed by atoms with E-state index in [1.54, 1.807) is 36.4 Å². The summed E-state index contributed by atoms with van der Waals surface area (Å²) in [6, 6.07) is 11.0. The molecule has 2 aromatic carbocycles. The Morgan fingerprint density at radius 3 is 2.85 bits per heavy atom. The minimum Gasteiger partial charge on any atom is -0.351 e. The molecular weight excluding hydrogens is 347 g/mol. The fourth-order valence-corrected chi connectivity index (χ4v) is 3.44. The molecule has 0 spiro atoms. The highest BCUT2D eigenvalue weighted by Gasteiger charge is 2.23. The lowest BCUT2D eigenvalue weighted by atomic mass is 9.99. The normalized spacial score (nSPS) is 13.3. The molecule has 4 rings (SSSR count). The van der Waals surface area contributed by atoms with E-state index in [1.165, 1.54) is 17.2 Å². The number of carbonyl (C=O) groups excluding carboxylic acids is 2. The highest BCUT2D eigenvalue weighted by molar-refractivity contribution is 6.07. The second-order valence-corrected chi connectivity index (χ2v) is 6.38. The van der Waals surface area contributed by atoms with Gasteiger partial charge in [0.2, 0.25) is 0 Å². The number of hydrogen-bond acceptors (Lipinski definition) is 3. The van der Waals surface area contributed by atoms with Crippen LogP contribution in [0.3, 0.4) is 0 Å². The second-order valence-electron chi connectivity index (χ2n) is 6.38. The molecule has 0 saturated heterocycles. The number of nitrogens with zero attached hydrogens (tertiary/aromatic N) is 2. The van der Waals surface area contributed by atoms with Crippen molar-refractivity contribution < 1.29 is 14.0 Å². The molecule has 0 aliphatic carbocycles. The lowest BCUT2D eigenvalue weighted by molar-refractivity contribution is 0.102. The maximum Gasteiger partial charge on any atom is 0.319 e. The van der Waals surface area contributed by atoms with Crippen LogP contribution in [-0.4, -0.2) is 23.5 Å². The zero-order valence-corrected chi connectivity index (χ0v) is 14.4. The van der Waals surface area contributed by atoms with Crippen LogP contribution in [0.5, 0.6) is 0 Å². The zero-order chi connectivity index (χ0) is 19.0. The summed E-state index contributed by atoms with van der Waals surface area (Å²) in [5, 5.41) is 3.39. The van der Waals surface area contributed by atoms with Gasteiger partial charge in [0.25, 0.3) is 5.91 Å². The molecule has 1 aromatic heterocycles. The molecule has 27 heavy (non-hydrogen) atoms. The quantitative estimate of drug-likeness (QED) is 0.730. The first-order valence-electron chi connectivity index (χ1n) is 8.59. The van der Waals surface area contributed by atoms with E-state index in [-0.39, 0.29) is 11.1 Å². The number of rotatable bonds is 2. The molecule has 0 unspecified atom stereocenters. The highest BCUT2D eigenvalue weighted by atomic mass is 19.1. The molecule has 3 aromatic rings. The summed E-state index contributed by atoms with van der Waals surface area (Å²) in [4.78, 5) is 29.8. The molecule has 1 aliphatic heterocycles. The smallest absolute Gasteiger partial charge is 0.319 e. The van der Waals surface area contributed by atoms with Gasteiger partial charge >= 0.3 is 6.03 Å². The number of pyridine rings is 1. The van der Waals surface area contributed by atoms with Crippen LogP contribution in [0.15, 0.2) is 48.7 Å². The van der Waals surface area contributed by atoms with Crippen LogP contribution >= 0.6 is 0 Å². The number of urea groups is 1. The lowest BCUT2D eigenvalue weighted by Gasteiger charge is -2.29. The van der Waals surface area contributed by atoms with Gasteiger partial charge in [-0.25, -0.2) is 9.18 Å². The predicted octanol–water partition coefficient (Wildman–Crippen LogP) is 3.46. The summed E-state index contributed by atoms with van der Waals surface area (Å²) in [5.74, 6) is -0.975. The van der Waals surface area contributed by atoms with Gasteiger partial charge in [-0.15, -0.1) is 0 Å². The first-order valence-corrected chi connectivity index (χ1v) is 8.59. The Balaban J connectivity index is 1.68. The van der Waals surface area contributed by atoms with E-state index in [4.69, 9.17) is 5.73 Å². The van der Waals surface area contributed by atoms with Gasteiger partial charge in [0.15, 0.2) is 0 Å². The predicted molar refractivity (Wildman–Crippen MR) is 101 cm³/mol. The van der Waals surface area contributed by atoms with Crippen LogP contribution < -0.4 is 16.0 Å². The molecule has 2 heterocycles. The maximum absolute atomic E-state index is 14.3. The Morgan fingerprint density at radius 2 is 2.04 bits per heavy atom. The van der Waals surface area contributed by atoms with Crippen molar-refractivity contribution in [1.82, 2.24) is 4.98 Å². The molecular formula is C20H17FN4O2. The van der Waals surface area contributed by atoms with E-state index in [1.807, 2.05) is 0 Å². The minimum absolute atomic E-state index is 0.202. The summed E-state index contributed by atoms with van der Waals surface area (Å²) in [6.45, 7) is 0.544. The summed E-state index contributed by atoms with van der Waals surface area (Å²) in [5.41, 5.74) is 8.01. The third-order valence-corrected chi connectivity index (χ3v) is 4.69. The number of fused-ring (bicyclic) bond motifs is 2. The van der Waals surface area contributed by atoms with Crippen molar-refractivity contribution in [3.8, 4) is 0 Å². The van der Waals surface area contributed by atoms with E-state index in [0.717, 1.165) is 12.0 Å². The summed E-state index contributed by atoms with van der Waals surface area (Å²) in [7, 11) is 0. The molecule has 0 saturated carbocycles. The average molecular weight is 364 g/mol. The van der Waals surface area contributed by atoms with Gasteiger partial charge in [-0.05, 0) is 48.7 Å². The van der Waals surface area contributed by atoms with Gasteiger partial charge in [0.05, 0.1) is 5.69 Å². The van der Waals surface area contributed by atoms with Gasteiger partial charge in [-0.1, -0.05) is 12.1 Å². The average Bonchev–Trinajstić information content (AvgIpc) is 2.67. The van der Waals surface area contributed by atoms with E-state index >= 15 is 0 Å². The first-order chi connectivity index (χ1) is 13.0. The molecule has 0 bridgehead atoms. The van der Waals surface area contributed by atoms with Crippen molar-refractivity contribution >= 4 is 34.2 Å². The van der Waals surface area contributed by atoms with Gasteiger partial charge in [0, 0.05) is 29.4 Å². The summed E-state index contributed by atoms with van der Waals surface area (Å²) in [6.07, 6.45) is 2.97. The SMILES string of the molecule is NC(=O)N1CCCc2c(NC(=O)c3cc(F)c4ncccc4c3)cccc21. The molecule has 1 aliphatic rings. The summed E-state index contributed by atoms with van der Waals surface area (Å²) < 4.78 is 14.3. The van der Waals surface area contributed by atoms with Crippen molar-refractivity contribution in [2.24, 2.45) is 5.73 Å². The van der Waals surface area contributed by atoms with Gasteiger partial charge in [-0.3, -0.25) is 14.7 Å². The fourth-order valence-electron chi connectivity index (χ4n) is 3.44. The largest absolute Gasteiger partial charge is 0.351 e. The number of nitrogens with two attached hydrogens (primary N) is 1. The number of hydrogen-bond donors (Lipinski definition) is 2. The van der Waals surface area contributed by atoms with Crippen molar-refractivity contribution in [3.63, 3.8) is 0 Å². The first kappa shape index (κ1) is 17.0. The standard InChI is InChI=1S/C20H17FN4O2/c21-15-11-13(10-12-4-2-8-23-18(12)15)19(26)24-16-6-1-7-17-14(16)5-3-9-25(17)20(22)27/h1-2,4,6-8,10-11H,3,5,9H2,(H2,22,27)(H,24,26). The molecule has 7 heteroatoms. The Morgan fingerprint density at radius 1 is 1.19 bits per heavy atom. The van der Waals surface area contributed by atoms with Crippen LogP contribution in [0.2, 0.25) is 0 Å². The third-order valence-electron chi connectivity index (χ3n) is 4.69. The Kier molecular flexibility index (Phi) is 4.19. The highest BCUT2D eigenvalue weighted by Crippen LogP contribution is 2.33. The van der Waals surface area contributed by atoms with Gasteiger partial charge in [-0.2, -0.15) is 0 Å². The Hall–Kier alpha value is -3.48. The van der Waals surface area contributed by atoms with Crippen molar-refractivity contribution in [2.75, 3.05) is 16.8 Å². The Bertz CT molecular complexity index is 1070. The topological polar surface area (TPSA) is 88.3 Å². The zero-order valence-electron chi connectivity index (χ0n) is 14.4. The van der Waals surface area contributed by atoms with Crippen molar-refractivity contribution in [2.45, 2.75) is 12.8 Å². The number of benzene rings is 2.